The number of hydrogen-bond acceptors (Lipinski definition) is 5. The molecule has 0 fully saturated rings. The molecular weight excluding hydrogens is 278 g/mol. The van der Waals surface area contributed by atoms with Gasteiger partial charge >= 0.3 is 0 Å². The molecule has 2 aromatic carbocycles. The van der Waals surface area contributed by atoms with Gasteiger partial charge in [-0.2, -0.15) is 20.3 Å². The number of carbonyl (C=O) groups excluding carboxylic acids is 1. The van der Waals surface area contributed by atoms with E-state index < -0.39 is 6.04 Å². The number of azo groups is 1. The molecule has 110 valence electrons. The summed E-state index contributed by atoms with van der Waals surface area (Å²) in [5.74, 6) is -0.206. The predicted molar refractivity (Wildman–Crippen MR) is 86.2 cm³/mol. The summed E-state index contributed by atoms with van der Waals surface area (Å²) in [4.78, 5) is 12.4. The van der Waals surface area contributed by atoms with Crippen LogP contribution in [0.1, 0.15) is 6.92 Å². The van der Waals surface area contributed by atoms with Crippen LogP contribution >= 0.6 is 0 Å². The van der Waals surface area contributed by atoms with Gasteiger partial charge in [0.25, 0.3) is 5.91 Å². The van der Waals surface area contributed by atoms with Gasteiger partial charge in [0.1, 0.15) is 0 Å². The van der Waals surface area contributed by atoms with Crippen molar-refractivity contribution in [1.29, 1.82) is 0 Å². The average Bonchev–Trinajstić information content (AvgIpc) is 2.82. The van der Waals surface area contributed by atoms with Crippen LogP contribution < -0.4 is 10.7 Å². The van der Waals surface area contributed by atoms with E-state index in [-0.39, 0.29) is 5.91 Å². The van der Waals surface area contributed by atoms with Crippen LogP contribution in [0.2, 0.25) is 0 Å². The van der Waals surface area contributed by atoms with Gasteiger partial charge in [0.05, 0.1) is 17.1 Å². The third-order valence-corrected chi connectivity index (χ3v) is 3.28. The minimum Gasteiger partial charge on any atom is -0.399 e. The lowest BCUT2D eigenvalue weighted by atomic mass is 10.2. The Labute approximate surface area is 128 Å². The van der Waals surface area contributed by atoms with Crippen LogP contribution in [0.15, 0.2) is 69.9 Å². The predicted octanol–water partition coefficient (Wildman–Crippen LogP) is 3.14. The minimum absolute atomic E-state index is 0.206. The van der Waals surface area contributed by atoms with E-state index in [1.165, 1.54) is 5.01 Å². The second-order valence-corrected chi connectivity index (χ2v) is 4.94. The highest BCUT2D eigenvalue weighted by molar-refractivity contribution is 6.18. The quantitative estimate of drug-likeness (QED) is 0.696. The molecule has 0 saturated carbocycles. The Hall–Kier alpha value is -3.02. The first kappa shape index (κ1) is 13.9. The number of para-hydroxylation sites is 1. The second-order valence-electron chi connectivity index (χ2n) is 4.94. The molecule has 3 rings (SSSR count). The summed E-state index contributed by atoms with van der Waals surface area (Å²) in [6.07, 6.45) is 0. The minimum atomic E-state index is -0.683. The molecule has 0 unspecified atom stereocenters. The van der Waals surface area contributed by atoms with Crippen molar-refractivity contribution >= 4 is 28.7 Å². The zero-order valence-electron chi connectivity index (χ0n) is 12.0. The summed E-state index contributed by atoms with van der Waals surface area (Å²) in [6, 6.07) is 15.6. The maximum absolute atomic E-state index is 12.4. The van der Waals surface area contributed by atoms with Crippen molar-refractivity contribution in [2.45, 2.75) is 13.0 Å². The summed E-state index contributed by atoms with van der Waals surface area (Å²) in [5, 5.41) is 13.9. The van der Waals surface area contributed by atoms with Gasteiger partial charge in [-0.1, -0.05) is 18.2 Å². The number of hydrazone groups is 1. The van der Waals surface area contributed by atoms with Crippen molar-refractivity contribution in [3.8, 4) is 0 Å². The summed E-state index contributed by atoms with van der Waals surface area (Å²) >= 11 is 0. The zero-order valence-corrected chi connectivity index (χ0v) is 12.0. The van der Waals surface area contributed by atoms with Crippen LogP contribution in [0.5, 0.6) is 0 Å². The number of rotatable bonds is 3. The van der Waals surface area contributed by atoms with Gasteiger partial charge in [-0.3, -0.25) is 4.79 Å². The molecule has 0 aliphatic carbocycles. The first-order valence-corrected chi connectivity index (χ1v) is 6.85. The molecule has 2 N–H and O–H groups in total. The fourth-order valence-electron chi connectivity index (χ4n) is 2.11. The molecule has 1 aliphatic heterocycles. The second kappa shape index (κ2) is 5.77. The molecule has 6 heteroatoms. The molecule has 0 radical (unpaired) electrons. The van der Waals surface area contributed by atoms with E-state index in [1.807, 2.05) is 30.3 Å². The molecule has 0 spiro atoms. The van der Waals surface area contributed by atoms with E-state index in [0.717, 1.165) is 5.69 Å². The zero-order chi connectivity index (χ0) is 15.5. The lowest BCUT2D eigenvalue weighted by Crippen LogP contribution is -2.29. The largest absolute Gasteiger partial charge is 0.399 e. The number of carbonyl (C=O) groups is 1. The van der Waals surface area contributed by atoms with Crippen molar-refractivity contribution in [3.05, 3.63) is 54.6 Å². The number of benzene rings is 2. The van der Waals surface area contributed by atoms with Gasteiger partial charge in [0, 0.05) is 5.69 Å². The van der Waals surface area contributed by atoms with Gasteiger partial charge in [-0.15, -0.1) is 0 Å². The first-order valence-electron chi connectivity index (χ1n) is 6.85. The van der Waals surface area contributed by atoms with Gasteiger partial charge in [0.15, 0.2) is 6.04 Å². The molecule has 1 atom stereocenters. The van der Waals surface area contributed by atoms with E-state index in [1.54, 1.807) is 31.2 Å². The monoisotopic (exact) mass is 293 g/mol. The lowest BCUT2D eigenvalue weighted by molar-refractivity contribution is -0.117. The summed E-state index contributed by atoms with van der Waals surface area (Å²) in [5.41, 5.74) is 8.26. The number of nitrogen functional groups attached to an aromatic ring is 1. The maximum Gasteiger partial charge on any atom is 0.280 e. The Kier molecular flexibility index (Phi) is 3.65. The van der Waals surface area contributed by atoms with Crippen molar-refractivity contribution in [1.82, 2.24) is 0 Å². The number of nitrogens with zero attached hydrogens (tertiary/aromatic N) is 4. The highest BCUT2D eigenvalue weighted by atomic mass is 16.2. The van der Waals surface area contributed by atoms with Gasteiger partial charge in [0.2, 0.25) is 0 Å². The van der Waals surface area contributed by atoms with Crippen LogP contribution in [0.4, 0.5) is 17.1 Å². The molecule has 1 aliphatic rings. The third kappa shape index (κ3) is 2.71. The van der Waals surface area contributed by atoms with Crippen LogP contribution in [0, 0.1) is 0 Å². The smallest absolute Gasteiger partial charge is 0.280 e. The summed E-state index contributed by atoms with van der Waals surface area (Å²) in [7, 11) is 0. The van der Waals surface area contributed by atoms with E-state index in [0.29, 0.717) is 17.1 Å². The maximum atomic E-state index is 12.4. The van der Waals surface area contributed by atoms with Gasteiger partial charge in [-0.05, 0) is 43.3 Å². The summed E-state index contributed by atoms with van der Waals surface area (Å²) < 4.78 is 0. The Morgan fingerprint density at radius 2 is 1.77 bits per heavy atom. The molecule has 1 heterocycles. The van der Waals surface area contributed by atoms with E-state index in [2.05, 4.69) is 15.3 Å². The standard InChI is InChI=1S/C16H15N5O/c1-11-15(19-18-13-9-7-12(17)8-10-13)16(22)21(20-11)14-5-3-2-4-6-14/h2-10,15H,17H2,1H3/t15-/m1/s1. The number of nitrogens with two attached hydrogens (primary N) is 1. The van der Waals surface area contributed by atoms with E-state index >= 15 is 0 Å². The number of hydrogen-bond donors (Lipinski definition) is 1. The topological polar surface area (TPSA) is 83.4 Å². The number of anilines is 2. The first-order chi connectivity index (χ1) is 10.6. The normalized spacial score (nSPS) is 18.0. The van der Waals surface area contributed by atoms with Crippen molar-refractivity contribution in [2.75, 3.05) is 10.7 Å². The number of amides is 1. The third-order valence-electron chi connectivity index (χ3n) is 3.28. The lowest BCUT2D eigenvalue weighted by Gasteiger charge is -2.11. The molecule has 22 heavy (non-hydrogen) atoms. The Morgan fingerprint density at radius 3 is 2.45 bits per heavy atom. The van der Waals surface area contributed by atoms with Gasteiger partial charge < -0.3 is 5.73 Å². The van der Waals surface area contributed by atoms with Crippen molar-refractivity contribution in [3.63, 3.8) is 0 Å². The van der Waals surface area contributed by atoms with Gasteiger partial charge in [-0.25, -0.2) is 0 Å². The van der Waals surface area contributed by atoms with Crippen molar-refractivity contribution < 1.29 is 4.79 Å². The van der Waals surface area contributed by atoms with Crippen LogP contribution in [-0.4, -0.2) is 17.7 Å². The molecular formula is C16H15N5O. The van der Waals surface area contributed by atoms with Crippen LogP contribution in [0.25, 0.3) is 0 Å². The molecule has 6 nitrogen and oxygen atoms in total. The SMILES string of the molecule is CC1=NN(c2ccccc2)C(=O)[C@@H]1N=Nc1ccc(N)cc1. The summed E-state index contributed by atoms with van der Waals surface area (Å²) in [6.45, 7) is 1.77. The molecule has 0 saturated heterocycles. The average molecular weight is 293 g/mol. The molecule has 0 aromatic heterocycles. The molecule has 0 bridgehead atoms. The fourth-order valence-corrected chi connectivity index (χ4v) is 2.11. The Bertz CT molecular complexity index is 737. The molecule has 2 aromatic rings. The van der Waals surface area contributed by atoms with Crippen LogP contribution in [-0.2, 0) is 4.79 Å². The highest BCUT2D eigenvalue weighted by Gasteiger charge is 2.34. The van der Waals surface area contributed by atoms with E-state index in [9.17, 15) is 4.79 Å². The van der Waals surface area contributed by atoms with Crippen LogP contribution in [0.3, 0.4) is 0 Å². The molecule has 1 amide bonds. The Morgan fingerprint density at radius 1 is 1.09 bits per heavy atom. The highest BCUT2D eigenvalue weighted by Crippen LogP contribution is 2.23. The Balaban J connectivity index is 1.80. The fraction of sp³-hybridized carbons (Fsp3) is 0.125. The van der Waals surface area contributed by atoms with E-state index in [4.69, 9.17) is 5.73 Å². The van der Waals surface area contributed by atoms with Crippen molar-refractivity contribution in [2.24, 2.45) is 15.3 Å².